The number of likely N-dealkylation sites (N-methyl/N-ethyl adjacent to an activating group) is 1. The summed E-state index contributed by atoms with van der Waals surface area (Å²) in [6, 6.07) is 5.31. The predicted molar refractivity (Wildman–Crippen MR) is 86.6 cm³/mol. The van der Waals surface area contributed by atoms with Gasteiger partial charge >= 0.3 is 0 Å². The molecular weight excluding hydrogens is 313 g/mol. The van der Waals surface area contributed by atoms with Crippen LogP contribution in [0.25, 0.3) is 0 Å². The lowest BCUT2D eigenvalue weighted by Gasteiger charge is -2.24. The minimum atomic E-state index is -1.46. The molecule has 0 saturated heterocycles. The highest BCUT2D eigenvalue weighted by Gasteiger charge is 2.33. The average molecular weight is 331 g/mol. The van der Waals surface area contributed by atoms with Crippen LogP contribution in [-0.4, -0.2) is 34.2 Å². The minimum absolute atomic E-state index is 0.195. The highest BCUT2D eigenvalue weighted by Crippen LogP contribution is 2.31. The molecule has 0 bridgehead atoms. The van der Waals surface area contributed by atoms with Crippen LogP contribution in [0.4, 0.5) is 16.0 Å². The Kier molecular flexibility index (Phi) is 4.06. The van der Waals surface area contributed by atoms with Gasteiger partial charge in [-0.2, -0.15) is 0 Å². The lowest BCUT2D eigenvalue weighted by atomic mass is 10.1. The molecule has 1 aromatic heterocycles. The Labute approximate surface area is 138 Å². The number of carbonyl (C=O) groups is 1. The normalized spacial score (nSPS) is 17.5. The van der Waals surface area contributed by atoms with Gasteiger partial charge in [-0.05, 0) is 24.6 Å². The Morgan fingerprint density at radius 3 is 2.96 bits per heavy atom. The van der Waals surface area contributed by atoms with Crippen LogP contribution in [0.2, 0.25) is 0 Å². The molecule has 0 fully saturated rings. The Bertz CT molecular complexity index is 798. The molecule has 0 saturated carbocycles. The van der Waals surface area contributed by atoms with Crippen LogP contribution >= 0.6 is 0 Å². The summed E-state index contributed by atoms with van der Waals surface area (Å²) in [5.41, 5.74) is 6.87. The first-order valence-electron chi connectivity index (χ1n) is 7.46. The van der Waals surface area contributed by atoms with Crippen molar-refractivity contribution in [1.82, 2.24) is 15.3 Å². The van der Waals surface area contributed by atoms with Gasteiger partial charge in [-0.3, -0.25) is 4.79 Å². The van der Waals surface area contributed by atoms with E-state index >= 15 is 0 Å². The van der Waals surface area contributed by atoms with E-state index in [1.165, 1.54) is 18.2 Å². The van der Waals surface area contributed by atoms with Gasteiger partial charge in [0.1, 0.15) is 29.4 Å². The van der Waals surface area contributed by atoms with Gasteiger partial charge in [0, 0.05) is 19.0 Å². The summed E-state index contributed by atoms with van der Waals surface area (Å²) in [6.07, 6.45) is -1.43. The molecule has 2 heterocycles. The SMILES string of the molecule is Cc1nc(N)c2c(n1)N(C)C(NC(=O)C(O)c1cccc(F)c1)C2. The number of halogens is 1. The van der Waals surface area contributed by atoms with Gasteiger partial charge in [0.15, 0.2) is 6.10 Å². The van der Waals surface area contributed by atoms with Crippen molar-refractivity contribution in [3.05, 3.63) is 47.0 Å². The molecule has 4 N–H and O–H groups in total. The monoisotopic (exact) mass is 331 g/mol. The number of nitrogens with zero attached hydrogens (tertiary/aromatic N) is 3. The number of aliphatic hydroxyl groups is 1. The smallest absolute Gasteiger partial charge is 0.255 e. The van der Waals surface area contributed by atoms with E-state index in [0.29, 0.717) is 23.9 Å². The highest BCUT2D eigenvalue weighted by atomic mass is 19.1. The third-order valence-corrected chi connectivity index (χ3v) is 4.05. The maximum Gasteiger partial charge on any atom is 0.255 e. The molecule has 1 aliphatic heterocycles. The van der Waals surface area contributed by atoms with Crippen LogP contribution in [-0.2, 0) is 11.2 Å². The lowest BCUT2D eigenvalue weighted by molar-refractivity contribution is -0.130. The van der Waals surface area contributed by atoms with Crippen molar-refractivity contribution < 1.29 is 14.3 Å². The Hall–Kier alpha value is -2.74. The fraction of sp³-hybridized carbons (Fsp3) is 0.312. The quantitative estimate of drug-likeness (QED) is 0.764. The first kappa shape index (κ1) is 16.1. The Morgan fingerprint density at radius 1 is 1.50 bits per heavy atom. The standard InChI is InChI=1S/C16H18FN5O2/c1-8-19-14(18)11-7-12(22(2)15(11)20-8)21-16(24)13(23)9-4-3-5-10(17)6-9/h3-6,12-13,23H,7H2,1-2H3,(H,21,24)(H2,18,19,20). The topological polar surface area (TPSA) is 104 Å². The van der Waals surface area contributed by atoms with Crippen molar-refractivity contribution in [2.24, 2.45) is 0 Å². The van der Waals surface area contributed by atoms with Crippen LogP contribution in [0.15, 0.2) is 24.3 Å². The molecule has 3 rings (SSSR count). The first-order valence-corrected chi connectivity index (χ1v) is 7.46. The van der Waals surface area contributed by atoms with E-state index in [4.69, 9.17) is 5.73 Å². The molecule has 24 heavy (non-hydrogen) atoms. The van der Waals surface area contributed by atoms with Crippen molar-refractivity contribution in [2.75, 3.05) is 17.7 Å². The van der Waals surface area contributed by atoms with E-state index in [9.17, 15) is 14.3 Å². The van der Waals surface area contributed by atoms with Crippen LogP contribution in [0.1, 0.15) is 23.1 Å². The third-order valence-electron chi connectivity index (χ3n) is 4.05. The second-order valence-corrected chi connectivity index (χ2v) is 5.76. The highest BCUT2D eigenvalue weighted by molar-refractivity contribution is 5.83. The summed E-state index contributed by atoms with van der Waals surface area (Å²) in [5, 5.41) is 12.9. The van der Waals surface area contributed by atoms with Gasteiger partial charge in [0.25, 0.3) is 5.91 Å². The van der Waals surface area contributed by atoms with Crippen molar-refractivity contribution in [2.45, 2.75) is 25.6 Å². The number of fused-ring (bicyclic) bond motifs is 1. The molecular formula is C16H18FN5O2. The van der Waals surface area contributed by atoms with Crippen LogP contribution < -0.4 is 16.0 Å². The summed E-state index contributed by atoms with van der Waals surface area (Å²) in [5.74, 6) is 0.457. The summed E-state index contributed by atoms with van der Waals surface area (Å²) < 4.78 is 13.2. The number of nitrogen functional groups attached to an aromatic ring is 1. The molecule has 1 aliphatic rings. The number of nitrogens with one attached hydrogen (secondary N) is 1. The number of aryl methyl sites for hydroxylation is 1. The number of anilines is 2. The van der Waals surface area contributed by atoms with Gasteiger partial charge in [-0.1, -0.05) is 12.1 Å². The molecule has 2 atom stereocenters. The van der Waals surface area contributed by atoms with Gasteiger partial charge < -0.3 is 21.1 Å². The molecule has 1 aromatic carbocycles. The van der Waals surface area contributed by atoms with Crippen molar-refractivity contribution in [3.63, 3.8) is 0 Å². The number of carbonyl (C=O) groups excluding carboxylic acids is 1. The summed E-state index contributed by atoms with van der Waals surface area (Å²) in [6.45, 7) is 1.74. The van der Waals surface area contributed by atoms with E-state index in [-0.39, 0.29) is 5.56 Å². The number of hydrogen-bond donors (Lipinski definition) is 3. The third kappa shape index (κ3) is 2.88. The second kappa shape index (κ2) is 6.04. The maximum absolute atomic E-state index is 13.2. The number of benzene rings is 1. The fourth-order valence-electron chi connectivity index (χ4n) is 2.79. The predicted octanol–water partition coefficient (Wildman–Crippen LogP) is 0.675. The molecule has 1 amide bonds. The Balaban J connectivity index is 1.75. The van der Waals surface area contributed by atoms with E-state index in [1.54, 1.807) is 18.9 Å². The van der Waals surface area contributed by atoms with Crippen LogP contribution in [0.5, 0.6) is 0 Å². The molecule has 126 valence electrons. The second-order valence-electron chi connectivity index (χ2n) is 5.76. The number of amides is 1. The Morgan fingerprint density at radius 2 is 2.25 bits per heavy atom. The number of aromatic nitrogens is 2. The largest absolute Gasteiger partial charge is 0.383 e. The lowest BCUT2D eigenvalue weighted by Crippen LogP contribution is -2.46. The van der Waals surface area contributed by atoms with Crippen molar-refractivity contribution in [1.29, 1.82) is 0 Å². The van der Waals surface area contributed by atoms with E-state index in [0.717, 1.165) is 11.6 Å². The number of aliphatic hydroxyl groups excluding tert-OH is 1. The zero-order chi connectivity index (χ0) is 17.4. The molecule has 0 spiro atoms. The van der Waals surface area contributed by atoms with Crippen molar-refractivity contribution >= 4 is 17.5 Å². The minimum Gasteiger partial charge on any atom is -0.383 e. The maximum atomic E-state index is 13.2. The van der Waals surface area contributed by atoms with E-state index in [1.807, 2.05) is 0 Å². The molecule has 0 radical (unpaired) electrons. The summed E-state index contributed by atoms with van der Waals surface area (Å²) >= 11 is 0. The van der Waals surface area contributed by atoms with Gasteiger partial charge in [0.05, 0.1) is 0 Å². The average Bonchev–Trinajstić information content (AvgIpc) is 2.84. The molecule has 2 unspecified atom stereocenters. The molecule has 0 aliphatic carbocycles. The van der Waals surface area contributed by atoms with Gasteiger partial charge in [0.2, 0.25) is 0 Å². The summed E-state index contributed by atoms with van der Waals surface area (Å²) in [4.78, 5) is 22.5. The van der Waals surface area contributed by atoms with E-state index < -0.39 is 24.0 Å². The van der Waals surface area contributed by atoms with Gasteiger partial charge in [-0.15, -0.1) is 0 Å². The fourth-order valence-corrected chi connectivity index (χ4v) is 2.79. The van der Waals surface area contributed by atoms with E-state index in [2.05, 4.69) is 15.3 Å². The molecule has 7 nitrogen and oxygen atoms in total. The zero-order valence-corrected chi connectivity index (χ0v) is 13.3. The van der Waals surface area contributed by atoms with Crippen LogP contribution in [0.3, 0.4) is 0 Å². The number of rotatable bonds is 3. The zero-order valence-electron chi connectivity index (χ0n) is 13.3. The van der Waals surface area contributed by atoms with Crippen molar-refractivity contribution in [3.8, 4) is 0 Å². The number of hydrogen-bond acceptors (Lipinski definition) is 6. The van der Waals surface area contributed by atoms with Gasteiger partial charge in [-0.25, -0.2) is 14.4 Å². The first-order chi connectivity index (χ1) is 11.4. The summed E-state index contributed by atoms with van der Waals surface area (Å²) in [7, 11) is 1.78. The van der Waals surface area contributed by atoms with Crippen LogP contribution in [0, 0.1) is 12.7 Å². The molecule has 2 aromatic rings. The number of nitrogens with two attached hydrogens (primary N) is 1. The molecule has 8 heteroatoms.